The zero-order chi connectivity index (χ0) is 13.0. The molecule has 0 aliphatic carbocycles. The molecule has 1 N–H and O–H groups in total. The van der Waals surface area contributed by atoms with Crippen LogP contribution in [0, 0.1) is 0 Å². The largest absolute Gasteiger partial charge is 0.476 e. The predicted molar refractivity (Wildman–Crippen MR) is 69.2 cm³/mol. The maximum atomic E-state index is 10.6. The second-order valence-corrected chi connectivity index (χ2v) is 5.08. The van der Waals surface area contributed by atoms with Crippen LogP contribution in [0.4, 0.5) is 0 Å². The number of carbonyl (C=O) groups is 1. The Bertz CT molecular complexity index is 559. The Balaban J connectivity index is 1.86. The van der Waals surface area contributed by atoms with Crippen LogP contribution in [0.1, 0.15) is 10.5 Å². The number of benzene rings is 1. The third kappa shape index (κ3) is 3.48. The van der Waals surface area contributed by atoms with Crippen LogP contribution in [-0.4, -0.2) is 31.8 Å². The average molecular weight is 284 g/mol. The molecule has 0 saturated carbocycles. The number of rotatable bonds is 5. The summed E-state index contributed by atoms with van der Waals surface area (Å²) in [5.41, 5.74) is -0.0391. The molecule has 0 bridgehead atoms. The molecule has 0 radical (unpaired) electrons. The number of aryl methyl sites for hydroxylation is 1. The van der Waals surface area contributed by atoms with Crippen molar-refractivity contribution in [1.82, 2.24) is 15.0 Å². The summed E-state index contributed by atoms with van der Waals surface area (Å²) in [6, 6.07) is 7.57. The van der Waals surface area contributed by atoms with Crippen LogP contribution in [0.2, 0.25) is 5.02 Å². The maximum Gasteiger partial charge on any atom is 0.358 e. The first-order valence-corrected chi connectivity index (χ1v) is 6.53. The van der Waals surface area contributed by atoms with Gasteiger partial charge in [0, 0.05) is 15.7 Å². The van der Waals surface area contributed by atoms with Gasteiger partial charge in [-0.3, -0.25) is 4.68 Å². The quantitative estimate of drug-likeness (QED) is 0.854. The zero-order valence-corrected chi connectivity index (χ0v) is 10.9. The molecule has 18 heavy (non-hydrogen) atoms. The van der Waals surface area contributed by atoms with Crippen molar-refractivity contribution in [3.8, 4) is 0 Å². The average Bonchev–Trinajstić information content (AvgIpc) is 2.78. The van der Waals surface area contributed by atoms with Crippen molar-refractivity contribution >= 4 is 29.3 Å². The molecule has 1 aromatic carbocycles. The van der Waals surface area contributed by atoms with Gasteiger partial charge in [-0.05, 0) is 18.2 Å². The Morgan fingerprint density at radius 2 is 2.33 bits per heavy atom. The van der Waals surface area contributed by atoms with Crippen LogP contribution in [0.15, 0.2) is 35.4 Å². The molecule has 0 amide bonds. The molecule has 0 aliphatic rings. The van der Waals surface area contributed by atoms with Crippen molar-refractivity contribution in [3.05, 3.63) is 41.2 Å². The van der Waals surface area contributed by atoms with Crippen LogP contribution < -0.4 is 0 Å². The lowest BCUT2D eigenvalue weighted by Crippen LogP contribution is -2.01. The Morgan fingerprint density at radius 3 is 3.00 bits per heavy atom. The van der Waals surface area contributed by atoms with Crippen LogP contribution in [0.3, 0.4) is 0 Å². The van der Waals surface area contributed by atoms with E-state index in [1.54, 1.807) is 11.8 Å². The van der Waals surface area contributed by atoms with Crippen LogP contribution in [0.25, 0.3) is 0 Å². The van der Waals surface area contributed by atoms with Crippen molar-refractivity contribution in [2.45, 2.75) is 11.4 Å². The summed E-state index contributed by atoms with van der Waals surface area (Å²) in [5, 5.41) is 16.7. The molecule has 94 valence electrons. The summed E-state index contributed by atoms with van der Waals surface area (Å²) >= 11 is 7.50. The number of thioether (sulfide) groups is 1. The van der Waals surface area contributed by atoms with Gasteiger partial charge in [-0.25, -0.2) is 4.79 Å². The normalized spacial score (nSPS) is 10.5. The lowest BCUT2D eigenvalue weighted by molar-refractivity contribution is 0.0690. The lowest BCUT2D eigenvalue weighted by atomic mass is 10.4. The van der Waals surface area contributed by atoms with E-state index in [-0.39, 0.29) is 5.69 Å². The third-order valence-electron chi connectivity index (χ3n) is 2.14. The van der Waals surface area contributed by atoms with Gasteiger partial charge in [0.2, 0.25) is 0 Å². The number of aromatic nitrogens is 3. The molecule has 0 fully saturated rings. The molecular weight excluding hydrogens is 274 g/mol. The fourth-order valence-corrected chi connectivity index (χ4v) is 2.47. The summed E-state index contributed by atoms with van der Waals surface area (Å²) in [4.78, 5) is 11.7. The Labute approximate surface area is 113 Å². The fourth-order valence-electron chi connectivity index (χ4n) is 1.32. The second-order valence-electron chi connectivity index (χ2n) is 3.48. The van der Waals surface area contributed by atoms with E-state index < -0.39 is 5.97 Å². The molecule has 7 heteroatoms. The molecule has 2 rings (SSSR count). The van der Waals surface area contributed by atoms with E-state index >= 15 is 0 Å². The first-order chi connectivity index (χ1) is 8.65. The van der Waals surface area contributed by atoms with Crippen molar-refractivity contribution in [1.29, 1.82) is 0 Å². The highest BCUT2D eigenvalue weighted by atomic mass is 35.5. The SMILES string of the molecule is O=C(O)c1cn(CCSc2cccc(Cl)c2)nn1. The molecule has 2 aromatic rings. The number of hydrogen-bond donors (Lipinski definition) is 1. The zero-order valence-electron chi connectivity index (χ0n) is 9.28. The van der Waals surface area contributed by atoms with E-state index in [0.29, 0.717) is 11.6 Å². The Morgan fingerprint density at radius 1 is 1.50 bits per heavy atom. The van der Waals surface area contributed by atoms with Crippen molar-refractivity contribution in [3.63, 3.8) is 0 Å². The highest BCUT2D eigenvalue weighted by molar-refractivity contribution is 7.99. The van der Waals surface area contributed by atoms with Gasteiger partial charge >= 0.3 is 5.97 Å². The van der Waals surface area contributed by atoms with Gasteiger partial charge in [-0.15, -0.1) is 16.9 Å². The molecule has 1 aromatic heterocycles. The van der Waals surface area contributed by atoms with Crippen molar-refractivity contribution < 1.29 is 9.90 Å². The van der Waals surface area contributed by atoms with E-state index in [1.807, 2.05) is 24.3 Å². The lowest BCUT2D eigenvalue weighted by Gasteiger charge is -2.01. The number of halogens is 1. The molecule has 1 heterocycles. The fraction of sp³-hybridized carbons (Fsp3) is 0.182. The molecule has 0 atom stereocenters. The summed E-state index contributed by atoms with van der Waals surface area (Å²) < 4.78 is 1.51. The highest BCUT2D eigenvalue weighted by Crippen LogP contribution is 2.21. The van der Waals surface area contributed by atoms with Crippen LogP contribution >= 0.6 is 23.4 Å². The first-order valence-electron chi connectivity index (χ1n) is 5.17. The van der Waals surface area contributed by atoms with E-state index in [0.717, 1.165) is 10.6 Å². The summed E-state index contributed by atoms with van der Waals surface area (Å²) in [6.45, 7) is 0.595. The molecular formula is C11H10ClN3O2S. The first kappa shape index (κ1) is 12.9. The van der Waals surface area contributed by atoms with Gasteiger partial charge in [-0.1, -0.05) is 22.9 Å². The van der Waals surface area contributed by atoms with E-state index in [1.165, 1.54) is 10.9 Å². The topological polar surface area (TPSA) is 68.0 Å². The van der Waals surface area contributed by atoms with Crippen molar-refractivity contribution in [2.75, 3.05) is 5.75 Å². The maximum absolute atomic E-state index is 10.6. The minimum atomic E-state index is -1.07. The molecule has 0 aliphatic heterocycles. The minimum absolute atomic E-state index is 0.0391. The number of aromatic carboxylic acids is 1. The Hall–Kier alpha value is -1.53. The molecule has 0 spiro atoms. The van der Waals surface area contributed by atoms with E-state index in [2.05, 4.69) is 10.3 Å². The Kier molecular flexibility index (Phi) is 4.22. The summed E-state index contributed by atoms with van der Waals surface area (Å²) in [5.74, 6) is -0.299. The monoisotopic (exact) mass is 283 g/mol. The van der Waals surface area contributed by atoms with Gasteiger partial charge in [0.1, 0.15) is 0 Å². The summed E-state index contributed by atoms with van der Waals surface area (Å²) in [7, 11) is 0. The molecule has 0 unspecified atom stereocenters. The highest BCUT2D eigenvalue weighted by Gasteiger charge is 2.07. The third-order valence-corrected chi connectivity index (χ3v) is 3.35. The van der Waals surface area contributed by atoms with Gasteiger partial charge in [0.05, 0.1) is 12.7 Å². The van der Waals surface area contributed by atoms with Gasteiger partial charge in [-0.2, -0.15) is 0 Å². The van der Waals surface area contributed by atoms with E-state index in [9.17, 15) is 4.79 Å². The molecule has 0 saturated heterocycles. The number of nitrogens with zero attached hydrogens (tertiary/aromatic N) is 3. The van der Waals surface area contributed by atoms with E-state index in [4.69, 9.17) is 16.7 Å². The standard InChI is InChI=1S/C11H10ClN3O2S/c12-8-2-1-3-9(6-8)18-5-4-15-7-10(11(16)17)13-14-15/h1-3,6-7H,4-5H2,(H,16,17). The summed E-state index contributed by atoms with van der Waals surface area (Å²) in [6.07, 6.45) is 1.42. The van der Waals surface area contributed by atoms with Gasteiger partial charge < -0.3 is 5.11 Å². The van der Waals surface area contributed by atoms with Crippen LogP contribution in [0.5, 0.6) is 0 Å². The number of carboxylic acids is 1. The number of hydrogen-bond acceptors (Lipinski definition) is 4. The minimum Gasteiger partial charge on any atom is -0.476 e. The van der Waals surface area contributed by atoms with Crippen LogP contribution in [-0.2, 0) is 6.54 Å². The second kappa shape index (κ2) is 5.88. The molecule has 5 nitrogen and oxygen atoms in total. The number of carboxylic acid groups (broad SMARTS) is 1. The van der Waals surface area contributed by atoms with Gasteiger partial charge in [0.25, 0.3) is 0 Å². The smallest absolute Gasteiger partial charge is 0.358 e. The van der Waals surface area contributed by atoms with Crippen molar-refractivity contribution in [2.24, 2.45) is 0 Å². The predicted octanol–water partition coefficient (Wildman–Crippen LogP) is 2.42. The van der Waals surface area contributed by atoms with Gasteiger partial charge in [0.15, 0.2) is 5.69 Å².